The molecule has 0 atom stereocenters. The van der Waals surface area contributed by atoms with Gasteiger partial charge in [0, 0.05) is 36.7 Å². The minimum atomic E-state index is -0.133. The molecule has 3 aromatic rings. The van der Waals surface area contributed by atoms with Crippen LogP contribution in [0.3, 0.4) is 0 Å². The first-order valence-corrected chi connectivity index (χ1v) is 8.29. The van der Waals surface area contributed by atoms with E-state index < -0.39 is 0 Å². The summed E-state index contributed by atoms with van der Waals surface area (Å²) in [6.45, 7) is 1.38. The zero-order valence-electron chi connectivity index (χ0n) is 14.5. The summed E-state index contributed by atoms with van der Waals surface area (Å²) in [5, 5.41) is 14.7. The van der Waals surface area contributed by atoms with Crippen LogP contribution in [0.1, 0.15) is 22.3 Å². The van der Waals surface area contributed by atoms with Gasteiger partial charge >= 0.3 is 0 Å². The SMILES string of the molecule is N#Cc1cnc(Nc2ccc(C(=O)NCCCn3ccnc3)cc2)nc1N. The predicted octanol–water partition coefficient (Wildman–Crippen LogP) is 1.69. The number of imidazole rings is 1. The van der Waals surface area contributed by atoms with Gasteiger partial charge in [-0.1, -0.05) is 0 Å². The minimum absolute atomic E-state index is 0.113. The van der Waals surface area contributed by atoms with Crippen molar-refractivity contribution in [2.75, 3.05) is 17.6 Å². The molecule has 0 aliphatic rings. The van der Waals surface area contributed by atoms with Crippen molar-refractivity contribution in [2.45, 2.75) is 13.0 Å². The van der Waals surface area contributed by atoms with Crippen LogP contribution in [0.25, 0.3) is 0 Å². The molecule has 2 aromatic heterocycles. The van der Waals surface area contributed by atoms with Gasteiger partial charge in [0.25, 0.3) is 5.91 Å². The van der Waals surface area contributed by atoms with Crippen LogP contribution >= 0.6 is 0 Å². The zero-order chi connectivity index (χ0) is 19.1. The summed E-state index contributed by atoms with van der Waals surface area (Å²) < 4.78 is 1.96. The first-order valence-electron chi connectivity index (χ1n) is 8.29. The molecule has 0 aliphatic heterocycles. The summed E-state index contributed by atoms with van der Waals surface area (Å²) in [6.07, 6.45) is 7.54. The molecule has 1 aromatic carbocycles. The van der Waals surface area contributed by atoms with Gasteiger partial charge in [-0.3, -0.25) is 4.79 Å². The van der Waals surface area contributed by atoms with E-state index in [-0.39, 0.29) is 23.2 Å². The van der Waals surface area contributed by atoms with Gasteiger partial charge in [0.2, 0.25) is 5.95 Å². The first kappa shape index (κ1) is 17.9. The van der Waals surface area contributed by atoms with E-state index in [9.17, 15) is 4.79 Å². The molecule has 0 aliphatic carbocycles. The average molecular weight is 362 g/mol. The third-order valence-corrected chi connectivity index (χ3v) is 3.78. The van der Waals surface area contributed by atoms with Crippen molar-refractivity contribution >= 4 is 23.4 Å². The Morgan fingerprint density at radius 1 is 1.30 bits per heavy atom. The molecule has 1 amide bonds. The maximum atomic E-state index is 12.2. The van der Waals surface area contributed by atoms with Crippen LogP contribution in [0.2, 0.25) is 0 Å². The number of rotatable bonds is 7. The lowest BCUT2D eigenvalue weighted by Gasteiger charge is -2.08. The largest absolute Gasteiger partial charge is 0.382 e. The predicted molar refractivity (Wildman–Crippen MR) is 100 cm³/mol. The highest BCUT2D eigenvalue weighted by atomic mass is 16.1. The Balaban J connectivity index is 1.51. The molecule has 0 unspecified atom stereocenters. The van der Waals surface area contributed by atoms with E-state index in [1.165, 1.54) is 6.20 Å². The molecule has 2 heterocycles. The molecule has 0 saturated carbocycles. The molecular formula is C18H18N8O. The summed E-state index contributed by atoms with van der Waals surface area (Å²) >= 11 is 0. The number of amides is 1. The molecule has 4 N–H and O–H groups in total. The number of benzene rings is 1. The molecule has 0 spiro atoms. The van der Waals surface area contributed by atoms with Crippen LogP contribution in [0, 0.1) is 11.3 Å². The van der Waals surface area contributed by atoms with Crippen molar-refractivity contribution in [2.24, 2.45) is 0 Å². The van der Waals surface area contributed by atoms with Crippen LogP contribution in [0.4, 0.5) is 17.5 Å². The number of nitrogens with one attached hydrogen (secondary N) is 2. The number of nitriles is 1. The van der Waals surface area contributed by atoms with E-state index >= 15 is 0 Å². The third-order valence-electron chi connectivity index (χ3n) is 3.78. The first-order chi connectivity index (χ1) is 13.2. The summed E-state index contributed by atoms with van der Waals surface area (Å²) in [5.41, 5.74) is 7.15. The van der Waals surface area contributed by atoms with E-state index in [1.54, 1.807) is 36.8 Å². The fourth-order valence-electron chi connectivity index (χ4n) is 2.36. The lowest BCUT2D eigenvalue weighted by molar-refractivity contribution is 0.0953. The molecule has 0 radical (unpaired) electrons. The second kappa shape index (κ2) is 8.44. The molecule has 0 saturated heterocycles. The Labute approximate surface area is 155 Å². The topological polar surface area (TPSA) is 135 Å². The number of anilines is 3. The van der Waals surface area contributed by atoms with Crippen LogP contribution < -0.4 is 16.4 Å². The van der Waals surface area contributed by atoms with Gasteiger partial charge in [-0.05, 0) is 30.7 Å². The van der Waals surface area contributed by atoms with E-state index in [4.69, 9.17) is 11.0 Å². The molecular weight excluding hydrogens is 344 g/mol. The molecule has 9 nitrogen and oxygen atoms in total. The molecule has 0 fully saturated rings. The number of nitrogens with zero attached hydrogens (tertiary/aromatic N) is 5. The van der Waals surface area contributed by atoms with Crippen LogP contribution in [0.5, 0.6) is 0 Å². The monoisotopic (exact) mass is 362 g/mol. The van der Waals surface area contributed by atoms with E-state index in [0.29, 0.717) is 17.8 Å². The number of carbonyl (C=O) groups is 1. The Morgan fingerprint density at radius 3 is 2.78 bits per heavy atom. The van der Waals surface area contributed by atoms with E-state index in [0.717, 1.165) is 13.0 Å². The number of aromatic nitrogens is 4. The van der Waals surface area contributed by atoms with Crippen LogP contribution in [-0.4, -0.2) is 32.0 Å². The lowest BCUT2D eigenvalue weighted by Crippen LogP contribution is -2.25. The lowest BCUT2D eigenvalue weighted by atomic mass is 10.2. The fourth-order valence-corrected chi connectivity index (χ4v) is 2.36. The fraction of sp³-hybridized carbons (Fsp3) is 0.167. The van der Waals surface area contributed by atoms with Crippen molar-refractivity contribution in [3.8, 4) is 6.07 Å². The normalized spacial score (nSPS) is 10.2. The summed E-state index contributed by atoms with van der Waals surface area (Å²) in [5.74, 6) is 0.260. The third kappa shape index (κ3) is 4.79. The number of nitrogen functional groups attached to an aromatic ring is 1. The maximum absolute atomic E-state index is 12.2. The quantitative estimate of drug-likeness (QED) is 0.544. The number of carbonyl (C=O) groups excluding carboxylic acids is 1. The minimum Gasteiger partial charge on any atom is -0.382 e. The Hall–Kier alpha value is -3.93. The van der Waals surface area contributed by atoms with Crippen molar-refractivity contribution in [1.29, 1.82) is 5.26 Å². The molecule has 3 rings (SSSR count). The van der Waals surface area contributed by atoms with Gasteiger partial charge in [-0.15, -0.1) is 0 Å². The van der Waals surface area contributed by atoms with Gasteiger partial charge < -0.3 is 20.9 Å². The second-order valence-corrected chi connectivity index (χ2v) is 5.72. The average Bonchev–Trinajstić information content (AvgIpc) is 3.19. The van der Waals surface area contributed by atoms with Crippen LogP contribution in [0.15, 0.2) is 49.2 Å². The standard InChI is InChI=1S/C18H18N8O/c19-10-14-11-23-18(25-16(14)20)24-15-4-2-13(3-5-15)17(27)22-6-1-8-26-9-7-21-12-26/h2-5,7,9,11-12H,1,6,8H2,(H,22,27)(H3,20,23,24,25). The maximum Gasteiger partial charge on any atom is 0.251 e. The van der Waals surface area contributed by atoms with Crippen molar-refractivity contribution in [3.63, 3.8) is 0 Å². The van der Waals surface area contributed by atoms with Crippen molar-refractivity contribution < 1.29 is 4.79 Å². The van der Waals surface area contributed by atoms with Gasteiger partial charge in [0.15, 0.2) is 0 Å². The number of hydrogen-bond donors (Lipinski definition) is 3. The van der Waals surface area contributed by atoms with Gasteiger partial charge in [0.1, 0.15) is 17.5 Å². The van der Waals surface area contributed by atoms with Crippen molar-refractivity contribution in [3.05, 3.63) is 60.3 Å². The Bertz CT molecular complexity index is 944. The van der Waals surface area contributed by atoms with Crippen LogP contribution in [-0.2, 0) is 6.54 Å². The van der Waals surface area contributed by atoms with E-state index in [1.807, 2.05) is 16.8 Å². The highest BCUT2D eigenvalue weighted by molar-refractivity contribution is 5.94. The summed E-state index contributed by atoms with van der Waals surface area (Å²) in [7, 11) is 0. The zero-order valence-corrected chi connectivity index (χ0v) is 14.5. The Kier molecular flexibility index (Phi) is 5.59. The molecule has 9 heteroatoms. The number of hydrogen-bond acceptors (Lipinski definition) is 7. The van der Waals surface area contributed by atoms with Gasteiger partial charge in [-0.25, -0.2) is 9.97 Å². The van der Waals surface area contributed by atoms with Crippen molar-refractivity contribution in [1.82, 2.24) is 24.8 Å². The Morgan fingerprint density at radius 2 is 2.11 bits per heavy atom. The highest BCUT2D eigenvalue weighted by Crippen LogP contribution is 2.16. The highest BCUT2D eigenvalue weighted by Gasteiger charge is 2.07. The molecule has 136 valence electrons. The number of aryl methyl sites for hydroxylation is 1. The summed E-state index contributed by atoms with van der Waals surface area (Å²) in [4.78, 5) is 24.2. The van der Waals surface area contributed by atoms with Gasteiger partial charge in [-0.2, -0.15) is 10.2 Å². The molecule has 0 bridgehead atoms. The van der Waals surface area contributed by atoms with Gasteiger partial charge in [0.05, 0.1) is 12.5 Å². The second-order valence-electron chi connectivity index (χ2n) is 5.72. The number of nitrogens with two attached hydrogens (primary N) is 1. The smallest absolute Gasteiger partial charge is 0.251 e. The molecule has 27 heavy (non-hydrogen) atoms. The van der Waals surface area contributed by atoms with E-state index in [2.05, 4.69) is 25.6 Å². The summed E-state index contributed by atoms with van der Waals surface area (Å²) in [6, 6.07) is 8.82.